The molecule has 5 aromatic carbocycles. The highest BCUT2D eigenvalue weighted by Gasteiger charge is 2.44. The Morgan fingerprint density at radius 1 is 0.500 bits per heavy atom. The van der Waals surface area contributed by atoms with Gasteiger partial charge in [-0.25, -0.2) is 0 Å². The summed E-state index contributed by atoms with van der Waals surface area (Å²) in [6.07, 6.45) is 0. The first-order chi connectivity index (χ1) is 22.5. The zero-order valence-electron chi connectivity index (χ0n) is 26.6. The molecule has 46 heavy (non-hydrogen) atoms. The Labute approximate surface area is 289 Å². The average Bonchev–Trinajstić information content (AvgIpc) is 3.55. The average molecular weight is 746 g/mol. The normalized spacial score (nSPS) is 12.5. The maximum atomic E-state index is 5.59. The monoisotopic (exact) mass is 743 g/mol. The molecular weight excluding hydrogens is 706 g/mol. The van der Waals surface area contributed by atoms with Gasteiger partial charge in [-0.3, -0.25) is 4.90 Å². The van der Waals surface area contributed by atoms with Crippen molar-refractivity contribution < 1.29 is 18.9 Å². The summed E-state index contributed by atoms with van der Waals surface area (Å²) >= 11 is 6.88. The molecule has 0 aliphatic carbocycles. The Morgan fingerprint density at radius 3 is 1.09 bits per heavy atom. The van der Waals surface area contributed by atoms with Crippen LogP contribution in [-0.4, -0.2) is 33.3 Å². The lowest BCUT2D eigenvalue weighted by atomic mass is 9.75. The summed E-state index contributed by atoms with van der Waals surface area (Å²) in [5.41, 5.74) is 8.30. The number of benzene rings is 5. The number of alkyl halides is 2. The lowest BCUT2D eigenvalue weighted by molar-refractivity contribution is 0.157. The highest BCUT2D eigenvalue weighted by Crippen LogP contribution is 2.47. The first-order valence-electron chi connectivity index (χ1n) is 15.0. The minimum Gasteiger partial charge on any atom is -0.493 e. The van der Waals surface area contributed by atoms with Gasteiger partial charge < -0.3 is 18.9 Å². The highest BCUT2D eigenvalue weighted by atomic mass is 79.9. The van der Waals surface area contributed by atoms with Crippen molar-refractivity contribution in [2.45, 2.75) is 29.3 Å². The Bertz CT molecular complexity index is 1530. The van der Waals surface area contributed by atoms with Crippen LogP contribution in [-0.2, 0) is 29.3 Å². The molecular formula is C39H39Br2NO4. The molecule has 0 radical (unpaired) electrons. The molecule has 1 aliphatic rings. The van der Waals surface area contributed by atoms with Crippen LogP contribution in [0.4, 0.5) is 0 Å². The van der Waals surface area contributed by atoms with Crippen molar-refractivity contribution in [3.63, 3.8) is 0 Å². The molecule has 0 bridgehead atoms. The summed E-state index contributed by atoms with van der Waals surface area (Å²) in [6.45, 7) is 1.63. The molecule has 0 N–H and O–H groups in total. The standard InChI is InChI=1S/C29H27NO2.C10H12Br2O2/c1-31-27-18-22-20-30(21-23(22)19-28(27)32-2)29(24-12-6-3-7-13-24,25-14-8-4-9-15-25)26-16-10-5-11-17-26;1-13-9-3-7(5-11)8(6-12)4-10(9)14-2/h3-19H,20-21H2,1-2H3;3-4H,5-6H2,1-2H3. The van der Waals surface area contributed by atoms with Crippen molar-refractivity contribution in [2.24, 2.45) is 0 Å². The molecule has 1 aliphatic heterocycles. The molecule has 5 nitrogen and oxygen atoms in total. The summed E-state index contributed by atoms with van der Waals surface area (Å²) in [7, 11) is 6.67. The van der Waals surface area contributed by atoms with Crippen LogP contribution in [0.5, 0.6) is 23.0 Å². The number of rotatable bonds is 10. The number of methoxy groups -OCH3 is 4. The lowest BCUT2D eigenvalue weighted by Crippen LogP contribution is -2.45. The third-order valence-electron chi connectivity index (χ3n) is 8.47. The van der Waals surface area contributed by atoms with E-state index in [9.17, 15) is 0 Å². The number of hydrogen-bond acceptors (Lipinski definition) is 5. The lowest BCUT2D eigenvalue weighted by Gasteiger charge is -2.43. The molecule has 5 aromatic rings. The zero-order valence-corrected chi connectivity index (χ0v) is 29.8. The van der Waals surface area contributed by atoms with E-state index in [4.69, 9.17) is 18.9 Å². The topological polar surface area (TPSA) is 40.2 Å². The molecule has 0 spiro atoms. The summed E-state index contributed by atoms with van der Waals surface area (Å²) in [4.78, 5) is 2.57. The third-order valence-corrected chi connectivity index (χ3v) is 9.68. The number of halogens is 2. The minimum atomic E-state index is -0.427. The van der Waals surface area contributed by atoms with Gasteiger partial charge in [0.05, 0.1) is 34.0 Å². The van der Waals surface area contributed by atoms with Gasteiger partial charge in [-0.1, -0.05) is 123 Å². The van der Waals surface area contributed by atoms with Crippen LogP contribution >= 0.6 is 31.9 Å². The van der Waals surface area contributed by atoms with Gasteiger partial charge in [0.25, 0.3) is 0 Å². The van der Waals surface area contributed by atoms with Gasteiger partial charge in [-0.2, -0.15) is 0 Å². The van der Waals surface area contributed by atoms with Crippen LogP contribution in [0.15, 0.2) is 115 Å². The van der Waals surface area contributed by atoms with E-state index in [1.54, 1.807) is 28.4 Å². The maximum absolute atomic E-state index is 5.59. The van der Waals surface area contributed by atoms with E-state index in [1.807, 2.05) is 12.1 Å². The minimum absolute atomic E-state index is 0.427. The van der Waals surface area contributed by atoms with Crippen LogP contribution in [0, 0.1) is 0 Å². The number of hydrogen-bond donors (Lipinski definition) is 0. The van der Waals surface area contributed by atoms with Crippen molar-refractivity contribution in [1.29, 1.82) is 0 Å². The van der Waals surface area contributed by atoms with E-state index < -0.39 is 5.54 Å². The van der Waals surface area contributed by atoms with E-state index in [0.717, 1.165) is 46.7 Å². The number of ether oxygens (including phenoxy) is 4. The fourth-order valence-electron chi connectivity index (χ4n) is 6.26. The fourth-order valence-corrected chi connectivity index (χ4v) is 7.30. The second-order valence-electron chi connectivity index (χ2n) is 10.9. The van der Waals surface area contributed by atoms with Gasteiger partial charge in [-0.05, 0) is 63.2 Å². The molecule has 0 amide bonds. The molecule has 0 aromatic heterocycles. The van der Waals surface area contributed by atoms with Crippen molar-refractivity contribution in [2.75, 3.05) is 28.4 Å². The van der Waals surface area contributed by atoms with E-state index in [2.05, 4.69) is 140 Å². The van der Waals surface area contributed by atoms with Gasteiger partial charge in [-0.15, -0.1) is 0 Å². The van der Waals surface area contributed by atoms with Crippen molar-refractivity contribution in [1.82, 2.24) is 4.90 Å². The smallest absolute Gasteiger partial charge is 0.161 e. The van der Waals surface area contributed by atoms with Crippen molar-refractivity contribution in [3.8, 4) is 23.0 Å². The van der Waals surface area contributed by atoms with Gasteiger partial charge in [0.15, 0.2) is 23.0 Å². The van der Waals surface area contributed by atoms with Crippen LogP contribution in [0.2, 0.25) is 0 Å². The predicted octanol–water partition coefficient (Wildman–Crippen LogP) is 9.51. The first-order valence-corrected chi connectivity index (χ1v) is 17.3. The Hall–Kier alpha value is -3.78. The SMILES string of the molecule is COc1cc(CBr)c(CBr)cc1OC.COc1cc2c(cc1OC)CN(C(c1ccccc1)(c1ccccc1)c1ccccc1)C2. The molecule has 0 saturated heterocycles. The Balaban J connectivity index is 0.000000251. The predicted molar refractivity (Wildman–Crippen MR) is 193 cm³/mol. The van der Waals surface area contributed by atoms with Crippen LogP contribution < -0.4 is 18.9 Å². The van der Waals surface area contributed by atoms with Crippen LogP contribution in [0.3, 0.4) is 0 Å². The first kappa shape index (κ1) is 33.6. The molecule has 0 saturated carbocycles. The van der Waals surface area contributed by atoms with E-state index >= 15 is 0 Å². The van der Waals surface area contributed by atoms with Crippen LogP contribution in [0.1, 0.15) is 38.9 Å². The molecule has 1 heterocycles. The third kappa shape index (κ3) is 6.68. The quantitative estimate of drug-likeness (QED) is 0.105. The summed E-state index contributed by atoms with van der Waals surface area (Å²) in [6, 6.07) is 40.7. The molecule has 6 rings (SSSR count). The molecule has 0 fully saturated rings. The zero-order chi connectivity index (χ0) is 32.5. The van der Waals surface area contributed by atoms with E-state index in [-0.39, 0.29) is 0 Å². The van der Waals surface area contributed by atoms with E-state index in [0.29, 0.717) is 0 Å². The Morgan fingerprint density at radius 2 is 0.804 bits per heavy atom. The second kappa shape index (κ2) is 15.7. The summed E-state index contributed by atoms with van der Waals surface area (Å²) in [5, 5.41) is 1.63. The van der Waals surface area contributed by atoms with Gasteiger partial charge in [0, 0.05) is 23.7 Å². The van der Waals surface area contributed by atoms with E-state index in [1.165, 1.54) is 38.9 Å². The summed E-state index contributed by atoms with van der Waals surface area (Å²) in [5.74, 6) is 3.09. The Kier molecular flexibility index (Phi) is 11.4. The number of fused-ring (bicyclic) bond motifs is 1. The molecule has 0 atom stereocenters. The van der Waals surface area contributed by atoms with Gasteiger partial charge in [0.1, 0.15) is 0 Å². The van der Waals surface area contributed by atoms with Crippen molar-refractivity contribution >= 4 is 31.9 Å². The molecule has 7 heteroatoms. The van der Waals surface area contributed by atoms with Gasteiger partial charge >= 0.3 is 0 Å². The fraction of sp³-hybridized carbons (Fsp3) is 0.231. The van der Waals surface area contributed by atoms with Crippen LogP contribution in [0.25, 0.3) is 0 Å². The largest absolute Gasteiger partial charge is 0.493 e. The van der Waals surface area contributed by atoms with Gasteiger partial charge in [0.2, 0.25) is 0 Å². The number of nitrogens with zero attached hydrogens (tertiary/aromatic N) is 1. The maximum Gasteiger partial charge on any atom is 0.161 e. The second-order valence-corrected chi connectivity index (χ2v) is 12.0. The highest BCUT2D eigenvalue weighted by molar-refractivity contribution is 9.09. The van der Waals surface area contributed by atoms with Crippen molar-refractivity contribution in [3.05, 3.63) is 154 Å². The molecule has 238 valence electrons. The summed E-state index contributed by atoms with van der Waals surface area (Å²) < 4.78 is 21.6. The molecule has 0 unspecified atom stereocenters.